The van der Waals surface area contributed by atoms with Gasteiger partial charge in [0.05, 0.1) is 11.8 Å². The van der Waals surface area contributed by atoms with E-state index in [0.717, 1.165) is 5.56 Å². The topological polar surface area (TPSA) is 79.6 Å². The fourth-order valence-electron chi connectivity index (χ4n) is 2.45. The molecule has 0 saturated heterocycles. The van der Waals surface area contributed by atoms with Crippen molar-refractivity contribution in [3.05, 3.63) is 53.6 Å². The fourth-order valence-corrected chi connectivity index (χ4v) is 2.45. The van der Waals surface area contributed by atoms with E-state index in [1.807, 2.05) is 36.4 Å². The first-order chi connectivity index (χ1) is 11.7. The highest BCUT2D eigenvalue weighted by Crippen LogP contribution is 2.41. The van der Waals surface area contributed by atoms with Crippen LogP contribution in [-0.2, 0) is 11.4 Å². The molecule has 0 fully saturated rings. The third-order valence-corrected chi connectivity index (χ3v) is 3.59. The summed E-state index contributed by atoms with van der Waals surface area (Å²) in [5.41, 5.74) is 1.68. The van der Waals surface area contributed by atoms with E-state index in [4.69, 9.17) is 14.7 Å². The van der Waals surface area contributed by atoms with E-state index >= 15 is 0 Å². The van der Waals surface area contributed by atoms with Gasteiger partial charge >= 0.3 is 0 Å². The van der Waals surface area contributed by atoms with Crippen molar-refractivity contribution in [1.82, 2.24) is 0 Å². The molecule has 0 unspecified atom stereocenters. The minimum Gasteiger partial charge on any atom is -0.485 e. The zero-order valence-electron chi connectivity index (χ0n) is 12.8. The maximum atomic E-state index is 12.0. The number of carbonyl (C=O) groups excluding carboxylic acids is 2. The predicted octanol–water partition coefficient (Wildman–Crippen LogP) is 2.33. The number of anilines is 1. The number of hydrogen-bond donors (Lipinski definition) is 0. The first-order valence-electron chi connectivity index (χ1n) is 7.33. The normalized spacial score (nSPS) is 12.8. The minimum atomic E-state index is -0.332. The average molecular weight is 322 g/mol. The molecule has 0 radical (unpaired) electrons. The molecule has 0 saturated carbocycles. The molecule has 0 N–H and O–H groups in total. The van der Waals surface area contributed by atoms with Crippen molar-refractivity contribution < 1.29 is 19.1 Å². The number of carbonyl (C=O) groups is 2. The lowest BCUT2D eigenvalue weighted by Gasteiger charge is -2.29. The molecule has 0 aromatic heterocycles. The number of aldehydes is 1. The number of nitriles is 1. The van der Waals surface area contributed by atoms with E-state index in [2.05, 4.69) is 0 Å². The van der Waals surface area contributed by atoms with Gasteiger partial charge in [-0.2, -0.15) is 5.26 Å². The van der Waals surface area contributed by atoms with Crippen molar-refractivity contribution in [3.63, 3.8) is 0 Å². The van der Waals surface area contributed by atoms with Gasteiger partial charge in [-0.25, -0.2) is 0 Å². The van der Waals surface area contributed by atoms with Crippen LogP contribution in [0.25, 0.3) is 0 Å². The highest BCUT2D eigenvalue weighted by molar-refractivity contribution is 6.00. The molecule has 6 nitrogen and oxygen atoms in total. The van der Waals surface area contributed by atoms with Gasteiger partial charge in [-0.3, -0.25) is 14.5 Å². The van der Waals surface area contributed by atoms with Crippen LogP contribution in [0, 0.1) is 11.3 Å². The highest BCUT2D eigenvalue weighted by Gasteiger charge is 2.29. The quantitative estimate of drug-likeness (QED) is 0.623. The van der Waals surface area contributed by atoms with Crippen molar-refractivity contribution in [3.8, 4) is 17.6 Å². The predicted molar refractivity (Wildman–Crippen MR) is 86.1 cm³/mol. The van der Waals surface area contributed by atoms with Gasteiger partial charge in [0, 0.05) is 5.56 Å². The minimum absolute atomic E-state index is 0.115. The van der Waals surface area contributed by atoms with Gasteiger partial charge in [-0.1, -0.05) is 30.3 Å². The summed E-state index contributed by atoms with van der Waals surface area (Å²) in [6, 6.07) is 14.6. The Balaban J connectivity index is 1.96. The SMILES string of the molecule is N#CCN1C(=O)COc2c(OCc3ccccc3)cc(C=O)cc21. The van der Waals surface area contributed by atoms with Gasteiger partial charge in [0.1, 0.15) is 19.4 Å². The summed E-state index contributed by atoms with van der Waals surface area (Å²) in [7, 11) is 0. The highest BCUT2D eigenvalue weighted by atomic mass is 16.5. The molecule has 1 heterocycles. The summed E-state index contributed by atoms with van der Waals surface area (Å²) < 4.78 is 11.3. The molecule has 120 valence electrons. The Morgan fingerprint density at radius 3 is 2.79 bits per heavy atom. The summed E-state index contributed by atoms with van der Waals surface area (Å²) in [6.07, 6.45) is 0.666. The molecule has 0 aliphatic carbocycles. The van der Waals surface area contributed by atoms with Crippen molar-refractivity contribution in [1.29, 1.82) is 5.26 Å². The maximum absolute atomic E-state index is 12.0. The second-order valence-electron chi connectivity index (χ2n) is 5.19. The van der Waals surface area contributed by atoms with Crippen LogP contribution < -0.4 is 14.4 Å². The summed E-state index contributed by atoms with van der Waals surface area (Å²) >= 11 is 0. The molecule has 2 aromatic rings. The van der Waals surface area contributed by atoms with Crippen LogP contribution in [0.15, 0.2) is 42.5 Å². The van der Waals surface area contributed by atoms with Crippen molar-refractivity contribution in [2.24, 2.45) is 0 Å². The monoisotopic (exact) mass is 322 g/mol. The van der Waals surface area contributed by atoms with E-state index < -0.39 is 0 Å². The number of benzene rings is 2. The number of amides is 1. The number of rotatable bonds is 5. The Morgan fingerprint density at radius 2 is 2.08 bits per heavy atom. The lowest BCUT2D eigenvalue weighted by Crippen LogP contribution is -2.39. The van der Waals surface area contributed by atoms with Gasteiger partial charge in [-0.05, 0) is 17.7 Å². The second kappa shape index (κ2) is 6.84. The van der Waals surface area contributed by atoms with Crippen LogP contribution in [0.2, 0.25) is 0 Å². The molecule has 6 heteroatoms. The molecule has 1 aliphatic heterocycles. The molecule has 1 aliphatic rings. The standard InChI is InChI=1S/C18H14N2O4/c19-6-7-20-15-8-14(10-21)9-16(18(15)24-12-17(20)22)23-11-13-4-2-1-3-5-13/h1-5,8-10H,7,11-12H2. The summed E-state index contributed by atoms with van der Waals surface area (Å²) in [5.74, 6) is 0.404. The first kappa shape index (κ1) is 15.6. The molecule has 2 aromatic carbocycles. The number of ether oxygens (including phenoxy) is 2. The summed E-state index contributed by atoms with van der Waals surface area (Å²) in [5, 5.41) is 8.92. The smallest absolute Gasteiger partial charge is 0.265 e. The number of hydrogen-bond acceptors (Lipinski definition) is 5. The number of nitrogens with zero attached hydrogens (tertiary/aromatic N) is 2. The fraction of sp³-hybridized carbons (Fsp3) is 0.167. The van der Waals surface area contributed by atoms with Gasteiger partial charge in [0.2, 0.25) is 0 Å². The molecule has 0 bridgehead atoms. The summed E-state index contributed by atoms with van der Waals surface area (Å²) in [4.78, 5) is 24.5. The van der Waals surface area contributed by atoms with Gasteiger partial charge in [0.25, 0.3) is 5.91 Å². The van der Waals surface area contributed by atoms with E-state index in [0.29, 0.717) is 35.6 Å². The van der Waals surface area contributed by atoms with E-state index in [1.54, 1.807) is 6.07 Å². The van der Waals surface area contributed by atoms with Gasteiger partial charge in [-0.15, -0.1) is 0 Å². The first-order valence-corrected chi connectivity index (χ1v) is 7.33. The van der Waals surface area contributed by atoms with Crippen LogP contribution in [0.5, 0.6) is 11.5 Å². The van der Waals surface area contributed by atoms with E-state index in [9.17, 15) is 9.59 Å². The lowest BCUT2D eigenvalue weighted by molar-refractivity contribution is -0.121. The second-order valence-corrected chi connectivity index (χ2v) is 5.19. The molecule has 24 heavy (non-hydrogen) atoms. The Bertz CT molecular complexity index is 812. The third kappa shape index (κ3) is 3.06. The zero-order chi connectivity index (χ0) is 16.9. The van der Waals surface area contributed by atoms with Crippen molar-refractivity contribution in [2.45, 2.75) is 6.61 Å². The molecular weight excluding hydrogens is 308 g/mol. The Hall–Kier alpha value is -3.33. The number of fused-ring (bicyclic) bond motifs is 1. The van der Waals surface area contributed by atoms with E-state index in [-0.39, 0.29) is 19.1 Å². The molecular formula is C18H14N2O4. The van der Waals surface area contributed by atoms with Crippen LogP contribution in [0.1, 0.15) is 15.9 Å². The average Bonchev–Trinajstić information content (AvgIpc) is 2.62. The van der Waals surface area contributed by atoms with Crippen molar-refractivity contribution >= 4 is 17.9 Å². The molecule has 0 atom stereocenters. The Kier molecular flexibility index (Phi) is 4.43. The molecule has 0 spiro atoms. The molecule has 1 amide bonds. The summed E-state index contributed by atoms with van der Waals surface area (Å²) in [6.45, 7) is 0.0115. The molecule has 3 rings (SSSR count). The van der Waals surface area contributed by atoms with Gasteiger partial charge in [0.15, 0.2) is 18.1 Å². The zero-order valence-corrected chi connectivity index (χ0v) is 12.8. The largest absolute Gasteiger partial charge is 0.485 e. The van der Waals surface area contributed by atoms with Crippen LogP contribution in [0.3, 0.4) is 0 Å². The van der Waals surface area contributed by atoms with Gasteiger partial charge < -0.3 is 9.47 Å². The Labute approximate surface area is 138 Å². The third-order valence-electron chi connectivity index (χ3n) is 3.59. The van der Waals surface area contributed by atoms with Crippen LogP contribution in [0.4, 0.5) is 5.69 Å². The van der Waals surface area contributed by atoms with Crippen LogP contribution >= 0.6 is 0 Å². The maximum Gasteiger partial charge on any atom is 0.265 e. The van der Waals surface area contributed by atoms with E-state index in [1.165, 1.54) is 11.0 Å². The lowest BCUT2D eigenvalue weighted by atomic mass is 10.1. The Morgan fingerprint density at radius 1 is 1.29 bits per heavy atom. The van der Waals surface area contributed by atoms with Crippen molar-refractivity contribution in [2.75, 3.05) is 18.1 Å². The van der Waals surface area contributed by atoms with Crippen LogP contribution in [-0.4, -0.2) is 25.3 Å².